The normalized spacial score (nSPS) is 17.0. The molecule has 0 amide bonds. The number of nitrogens with one attached hydrogen (secondary N) is 1. The van der Waals surface area contributed by atoms with E-state index in [0.29, 0.717) is 11.0 Å². The zero-order valence-electron chi connectivity index (χ0n) is 8.82. The van der Waals surface area contributed by atoms with Crippen LogP contribution < -0.4 is 16.2 Å². The van der Waals surface area contributed by atoms with Gasteiger partial charge >= 0.3 is 0 Å². The molecule has 2 rings (SSSR count). The first-order chi connectivity index (χ1) is 7.81. The Kier molecular flexibility index (Phi) is 4.09. The number of hydrazine groups is 1. The molecule has 0 atom stereocenters. The highest BCUT2D eigenvalue weighted by molar-refractivity contribution is 7.99. The Hall–Kier alpha value is -0.720. The van der Waals surface area contributed by atoms with Gasteiger partial charge in [-0.2, -0.15) is 16.7 Å². The maximum absolute atomic E-state index is 6.10. The fraction of sp³-hybridized carbons (Fsp3) is 0.556. The van der Waals surface area contributed by atoms with Crippen molar-refractivity contribution in [3.05, 3.63) is 11.2 Å². The van der Waals surface area contributed by atoms with Gasteiger partial charge in [-0.05, 0) is 12.2 Å². The summed E-state index contributed by atoms with van der Waals surface area (Å²) in [5.74, 6) is 8.76. The van der Waals surface area contributed by atoms with E-state index in [-0.39, 0.29) is 0 Å². The zero-order chi connectivity index (χ0) is 11.4. The summed E-state index contributed by atoms with van der Waals surface area (Å²) < 4.78 is 0. The summed E-state index contributed by atoms with van der Waals surface area (Å²) >= 11 is 8.06. The number of rotatable bonds is 2. The maximum Gasteiger partial charge on any atom is 0.239 e. The molecule has 2 heterocycles. The molecule has 0 spiro atoms. The molecular weight excluding hydrogens is 246 g/mol. The van der Waals surface area contributed by atoms with E-state index < -0.39 is 0 Å². The Morgan fingerprint density at radius 2 is 2.31 bits per heavy atom. The second-order valence-electron chi connectivity index (χ2n) is 3.46. The van der Waals surface area contributed by atoms with Crippen LogP contribution in [0.2, 0.25) is 5.02 Å². The van der Waals surface area contributed by atoms with Crippen LogP contribution in [0.1, 0.15) is 6.42 Å². The number of halogens is 1. The highest BCUT2D eigenvalue weighted by Crippen LogP contribution is 2.25. The largest absolute Gasteiger partial charge is 0.354 e. The molecule has 0 unspecified atom stereocenters. The van der Waals surface area contributed by atoms with Crippen molar-refractivity contribution >= 4 is 35.1 Å². The van der Waals surface area contributed by atoms with Gasteiger partial charge in [0, 0.05) is 18.8 Å². The summed E-state index contributed by atoms with van der Waals surface area (Å²) in [7, 11) is 0. The second kappa shape index (κ2) is 5.56. The monoisotopic (exact) mass is 259 g/mol. The number of hydrogen-bond donors (Lipinski definition) is 2. The van der Waals surface area contributed by atoms with E-state index in [1.807, 2.05) is 11.8 Å². The van der Waals surface area contributed by atoms with E-state index in [1.165, 1.54) is 5.75 Å². The topological polar surface area (TPSA) is 67.1 Å². The van der Waals surface area contributed by atoms with Crippen LogP contribution in [0.3, 0.4) is 0 Å². The van der Waals surface area contributed by atoms with Crippen LogP contribution in [0.5, 0.6) is 0 Å². The lowest BCUT2D eigenvalue weighted by Crippen LogP contribution is -2.27. The van der Waals surface area contributed by atoms with Crippen LogP contribution in [0.25, 0.3) is 0 Å². The SMILES string of the molecule is NNc1ncc(Cl)c(N2CCCSCC2)n1. The van der Waals surface area contributed by atoms with Crippen molar-refractivity contribution in [2.75, 3.05) is 34.9 Å². The maximum atomic E-state index is 6.10. The Balaban J connectivity index is 2.22. The van der Waals surface area contributed by atoms with Gasteiger partial charge in [-0.1, -0.05) is 11.6 Å². The van der Waals surface area contributed by atoms with Gasteiger partial charge in [0.1, 0.15) is 5.02 Å². The third kappa shape index (κ3) is 2.69. The molecule has 3 N–H and O–H groups in total. The third-order valence-corrected chi connectivity index (χ3v) is 3.69. The lowest BCUT2D eigenvalue weighted by Gasteiger charge is -2.22. The third-order valence-electron chi connectivity index (χ3n) is 2.38. The van der Waals surface area contributed by atoms with E-state index >= 15 is 0 Å². The predicted octanol–water partition coefficient (Wildman–Crippen LogP) is 1.36. The number of hydrogen-bond acceptors (Lipinski definition) is 6. The molecule has 88 valence electrons. The first kappa shape index (κ1) is 11.8. The van der Waals surface area contributed by atoms with Crippen molar-refractivity contribution in [3.63, 3.8) is 0 Å². The Morgan fingerprint density at radius 3 is 3.12 bits per heavy atom. The van der Waals surface area contributed by atoms with Crippen LogP contribution in [0.4, 0.5) is 11.8 Å². The Labute approximate surface area is 104 Å². The van der Waals surface area contributed by atoms with Gasteiger partial charge < -0.3 is 4.90 Å². The van der Waals surface area contributed by atoms with E-state index in [9.17, 15) is 0 Å². The van der Waals surface area contributed by atoms with Crippen molar-refractivity contribution in [1.82, 2.24) is 9.97 Å². The molecule has 0 saturated carbocycles. The van der Waals surface area contributed by atoms with Gasteiger partial charge in [0.05, 0.1) is 6.20 Å². The number of nitrogens with zero attached hydrogens (tertiary/aromatic N) is 3. The van der Waals surface area contributed by atoms with E-state index in [4.69, 9.17) is 17.4 Å². The van der Waals surface area contributed by atoms with E-state index in [2.05, 4.69) is 20.3 Å². The van der Waals surface area contributed by atoms with Crippen molar-refractivity contribution in [3.8, 4) is 0 Å². The van der Waals surface area contributed by atoms with E-state index in [0.717, 1.165) is 31.1 Å². The molecule has 1 saturated heterocycles. The average molecular weight is 260 g/mol. The molecule has 1 aliphatic rings. The van der Waals surface area contributed by atoms with Gasteiger partial charge in [0.25, 0.3) is 0 Å². The molecule has 0 aliphatic carbocycles. The van der Waals surface area contributed by atoms with Gasteiger partial charge in [-0.25, -0.2) is 10.8 Å². The number of anilines is 2. The minimum atomic E-state index is 0.399. The van der Waals surface area contributed by atoms with Crippen molar-refractivity contribution in [2.45, 2.75) is 6.42 Å². The summed E-state index contributed by atoms with van der Waals surface area (Å²) in [6, 6.07) is 0. The van der Waals surface area contributed by atoms with Crippen molar-refractivity contribution in [2.24, 2.45) is 5.84 Å². The summed E-state index contributed by atoms with van der Waals surface area (Å²) in [5, 5.41) is 0.575. The van der Waals surface area contributed by atoms with Crippen molar-refractivity contribution < 1.29 is 0 Å². The summed E-state index contributed by atoms with van der Waals surface area (Å²) in [6.45, 7) is 1.94. The summed E-state index contributed by atoms with van der Waals surface area (Å²) in [6.07, 6.45) is 2.73. The van der Waals surface area contributed by atoms with Crippen LogP contribution >= 0.6 is 23.4 Å². The molecule has 1 aromatic rings. The highest BCUT2D eigenvalue weighted by atomic mass is 35.5. The first-order valence-corrected chi connectivity index (χ1v) is 6.66. The Bertz CT molecular complexity index is 354. The molecule has 1 fully saturated rings. The van der Waals surface area contributed by atoms with Crippen LogP contribution in [-0.2, 0) is 0 Å². The lowest BCUT2D eigenvalue weighted by molar-refractivity contribution is 0.799. The predicted molar refractivity (Wildman–Crippen MR) is 69.0 cm³/mol. The van der Waals surface area contributed by atoms with Crippen molar-refractivity contribution in [1.29, 1.82) is 0 Å². The van der Waals surface area contributed by atoms with Crippen LogP contribution in [0.15, 0.2) is 6.20 Å². The smallest absolute Gasteiger partial charge is 0.239 e. The number of aromatic nitrogens is 2. The Morgan fingerprint density at radius 1 is 1.44 bits per heavy atom. The molecule has 7 heteroatoms. The van der Waals surface area contributed by atoms with E-state index in [1.54, 1.807) is 6.20 Å². The van der Waals surface area contributed by atoms with Gasteiger partial charge in [-0.15, -0.1) is 0 Å². The summed E-state index contributed by atoms with van der Waals surface area (Å²) in [5.41, 5.74) is 2.44. The minimum absolute atomic E-state index is 0.399. The lowest BCUT2D eigenvalue weighted by atomic mass is 10.4. The minimum Gasteiger partial charge on any atom is -0.354 e. The number of thioether (sulfide) groups is 1. The second-order valence-corrected chi connectivity index (χ2v) is 5.09. The molecule has 1 aliphatic heterocycles. The average Bonchev–Trinajstić information content (AvgIpc) is 2.58. The fourth-order valence-electron chi connectivity index (χ4n) is 1.61. The number of nitrogens with two attached hydrogens (primary N) is 1. The van der Waals surface area contributed by atoms with Gasteiger partial charge in [0.15, 0.2) is 5.82 Å². The summed E-state index contributed by atoms with van der Waals surface area (Å²) in [4.78, 5) is 10.4. The molecule has 5 nitrogen and oxygen atoms in total. The van der Waals surface area contributed by atoms with Gasteiger partial charge in [-0.3, -0.25) is 5.43 Å². The highest BCUT2D eigenvalue weighted by Gasteiger charge is 2.15. The molecular formula is C9H14ClN5S. The molecule has 0 radical (unpaired) electrons. The van der Waals surface area contributed by atoms with Gasteiger partial charge in [0.2, 0.25) is 5.95 Å². The molecule has 0 aromatic carbocycles. The molecule has 0 bridgehead atoms. The molecule has 16 heavy (non-hydrogen) atoms. The van der Waals surface area contributed by atoms with Crippen LogP contribution in [0, 0.1) is 0 Å². The molecule has 1 aromatic heterocycles. The van der Waals surface area contributed by atoms with Crippen LogP contribution in [-0.4, -0.2) is 34.6 Å². The first-order valence-electron chi connectivity index (χ1n) is 5.13. The number of nitrogen functional groups attached to an aromatic ring is 1. The zero-order valence-corrected chi connectivity index (χ0v) is 10.4. The quantitative estimate of drug-likeness (QED) is 0.618. The fourth-order valence-corrected chi connectivity index (χ4v) is 2.70. The standard InChI is InChI=1S/C9H14ClN5S/c10-7-6-12-9(14-11)13-8(7)15-2-1-4-16-5-3-15/h6H,1-5,11H2,(H,12,13,14).